The lowest BCUT2D eigenvalue weighted by atomic mass is 9.96. The molecule has 2 aromatic carbocycles. The van der Waals surface area contributed by atoms with E-state index in [4.69, 9.17) is 11.6 Å². The Morgan fingerprint density at radius 2 is 1.45 bits per heavy atom. The summed E-state index contributed by atoms with van der Waals surface area (Å²) in [5, 5.41) is 0.798. The summed E-state index contributed by atoms with van der Waals surface area (Å²) in [4.78, 5) is 5.10. The van der Waals surface area contributed by atoms with Gasteiger partial charge in [-0.1, -0.05) is 61.0 Å². The van der Waals surface area contributed by atoms with E-state index in [0.29, 0.717) is 6.04 Å². The van der Waals surface area contributed by atoms with Crippen molar-refractivity contribution >= 4 is 11.6 Å². The van der Waals surface area contributed by atoms with Crippen LogP contribution in [0.5, 0.6) is 0 Å². The summed E-state index contributed by atoms with van der Waals surface area (Å²) in [7, 11) is 0. The van der Waals surface area contributed by atoms with Gasteiger partial charge in [0.1, 0.15) is 0 Å². The number of piperazine rings is 1. The highest BCUT2D eigenvalue weighted by molar-refractivity contribution is 6.30. The summed E-state index contributed by atoms with van der Waals surface area (Å²) in [6.07, 6.45) is 0. The molecule has 1 atom stereocenters. The first-order valence-electron chi connectivity index (χ1n) is 8.04. The van der Waals surface area contributed by atoms with Crippen molar-refractivity contribution in [3.05, 3.63) is 70.7 Å². The lowest BCUT2D eigenvalue weighted by Gasteiger charge is -2.39. The van der Waals surface area contributed by atoms with Gasteiger partial charge in [-0.3, -0.25) is 4.90 Å². The van der Waals surface area contributed by atoms with E-state index in [1.807, 2.05) is 12.1 Å². The molecule has 2 nitrogen and oxygen atoms in total. The number of rotatable bonds is 4. The first-order chi connectivity index (χ1) is 10.8. The van der Waals surface area contributed by atoms with Gasteiger partial charge in [0.25, 0.3) is 0 Å². The van der Waals surface area contributed by atoms with Crippen LogP contribution in [0.2, 0.25) is 5.02 Å². The molecule has 0 spiro atoms. The van der Waals surface area contributed by atoms with Crippen molar-refractivity contribution in [2.75, 3.05) is 32.7 Å². The highest BCUT2D eigenvalue weighted by atomic mass is 35.5. The first-order valence-corrected chi connectivity index (χ1v) is 8.42. The molecule has 1 fully saturated rings. The van der Waals surface area contributed by atoms with Crippen molar-refractivity contribution < 1.29 is 0 Å². The van der Waals surface area contributed by atoms with Crippen LogP contribution < -0.4 is 0 Å². The quantitative estimate of drug-likeness (QED) is 0.839. The van der Waals surface area contributed by atoms with Gasteiger partial charge in [0.05, 0.1) is 6.04 Å². The molecular weight excluding hydrogens is 292 g/mol. The van der Waals surface area contributed by atoms with Gasteiger partial charge in [0, 0.05) is 31.2 Å². The van der Waals surface area contributed by atoms with Crippen LogP contribution in [0.3, 0.4) is 0 Å². The zero-order chi connectivity index (χ0) is 15.4. The molecule has 2 aromatic rings. The van der Waals surface area contributed by atoms with Crippen LogP contribution in [0.1, 0.15) is 24.1 Å². The molecule has 116 valence electrons. The fraction of sp³-hybridized carbons (Fsp3) is 0.368. The van der Waals surface area contributed by atoms with Crippen molar-refractivity contribution in [3.8, 4) is 0 Å². The van der Waals surface area contributed by atoms with Crippen molar-refractivity contribution in [3.63, 3.8) is 0 Å². The summed E-state index contributed by atoms with van der Waals surface area (Å²) in [5.74, 6) is 0. The van der Waals surface area contributed by atoms with Gasteiger partial charge in [0.15, 0.2) is 0 Å². The Kier molecular flexibility index (Phi) is 5.14. The van der Waals surface area contributed by atoms with Gasteiger partial charge in [-0.2, -0.15) is 0 Å². The van der Waals surface area contributed by atoms with Gasteiger partial charge >= 0.3 is 0 Å². The van der Waals surface area contributed by atoms with E-state index < -0.39 is 0 Å². The molecule has 0 aromatic heterocycles. The second-order valence-electron chi connectivity index (χ2n) is 5.84. The van der Waals surface area contributed by atoms with Crippen molar-refractivity contribution in [2.45, 2.75) is 13.0 Å². The fourth-order valence-electron chi connectivity index (χ4n) is 3.23. The number of hydrogen-bond acceptors (Lipinski definition) is 2. The fourth-order valence-corrected chi connectivity index (χ4v) is 3.36. The SMILES string of the molecule is CCN1CCN([C@@H](c2ccccc2)c2ccc(Cl)cc2)CC1. The minimum atomic E-state index is 0.317. The molecule has 0 bridgehead atoms. The molecule has 22 heavy (non-hydrogen) atoms. The normalized spacial score (nSPS) is 18.3. The lowest BCUT2D eigenvalue weighted by Crippen LogP contribution is -2.47. The third kappa shape index (κ3) is 3.52. The molecule has 1 saturated heterocycles. The summed E-state index contributed by atoms with van der Waals surface area (Å²) in [5.41, 5.74) is 2.68. The van der Waals surface area contributed by atoms with E-state index in [2.05, 4.69) is 59.2 Å². The average molecular weight is 315 g/mol. The van der Waals surface area contributed by atoms with E-state index in [1.165, 1.54) is 11.1 Å². The minimum absolute atomic E-state index is 0.317. The van der Waals surface area contributed by atoms with E-state index in [1.54, 1.807) is 0 Å². The van der Waals surface area contributed by atoms with Gasteiger partial charge in [-0.25, -0.2) is 0 Å². The van der Waals surface area contributed by atoms with E-state index in [-0.39, 0.29) is 0 Å². The first kappa shape index (κ1) is 15.5. The topological polar surface area (TPSA) is 6.48 Å². The number of benzene rings is 2. The molecular formula is C19H23ClN2. The van der Waals surface area contributed by atoms with E-state index in [9.17, 15) is 0 Å². The van der Waals surface area contributed by atoms with Crippen LogP contribution in [0.15, 0.2) is 54.6 Å². The maximum Gasteiger partial charge on any atom is 0.0602 e. The third-order valence-corrected chi connectivity index (χ3v) is 4.77. The van der Waals surface area contributed by atoms with Crippen LogP contribution in [-0.4, -0.2) is 42.5 Å². The molecule has 0 saturated carbocycles. The van der Waals surface area contributed by atoms with Gasteiger partial charge in [0.2, 0.25) is 0 Å². The molecule has 0 unspecified atom stereocenters. The molecule has 3 heteroatoms. The number of halogens is 1. The monoisotopic (exact) mass is 314 g/mol. The Morgan fingerprint density at radius 1 is 0.864 bits per heavy atom. The highest BCUT2D eigenvalue weighted by Crippen LogP contribution is 2.30. The van der Waals surface area contributed by atoms with Crippen LogP contribution in [0, 0.1) is 0 Å². The predicted molar refractivity (Wildman–Crippen MR) is 93.4 cm³/mol. The molecule has 1 aliphatic heterocycles. The lowest BCUT2D eigenvalue weighted by molar-refractivity contribution is 0.113. The Balaban J connectivity index is 1.88. The zero-order valence-corrected chi connectivity index (χ0v) is 13.8. The van der Waals surface area contributed by atoms with Crippen LogP contribution in [0.25, 0.3) is 0 Å². The minimum Gasteiger partial charge on any atom is -0.301 e. The van der Waals surface area contributed by atoms with Gasteiger partial charge in [-0.15, -0.1) is 0 Å². The second-order valence-corrected chi connectivity index (χ2v) is 6.27. The molecule has 0 radical (unpaired) electrons. The number of nitrogens with zero attached hydrogens (tertiary/aromatic N) is 2. The number of likely N-dealkylation sites (N-methyl/N-ethyl adjacent to an activating group) is 1. The van der Waals surface area contributed by atoms with Crippen molar-refractivity contribution in [2.24, 2.45) is 0 Å². The Morgan fingerprint density at radius 3 is 2.05 bits per heavy atom. The summed E-state index contributed by atoms with van der Waals surface area (Å²) in [6, 6.07) is 19.4. The third-order valence-electron chi connectivity index (χ3n) is 4.52. The summed E-state index contributed by atoms with van der Waals surface area (Å²) >= 11 is 6.07. The summed E-state index contributed by atoms with van der Waals surface area (Å²) < 4.78 is 0. The molecule has 1 aliphatic rings. The van der Waals surface area contributed by atoms with Crippen LogP contribution >= 0.6 is 11.6 Å². The molecule has 0 amide bonds. The Labute approximate surface area is 138 Å². The zero-order valence-electron chi connectivity index (χ0n) is 13.1. The highest BCUT2D eigenvalue weighted by Gasteiger charge is 2.25. The summed E-state index contributed by atoms with van der Waals surface area (Å²) in [6.45, 7) is 7.89. The largest absolute Gasteiger partial charge is 0.301 e. The molecule has 0 aliphatic carbocycles. The average Bonchev–Trinajstić information content (AvgIpc) is 2.58. The molecule has 3 rings (SSSR count). The second kappa shape index (κ2) is 7.28. The van der Waals surface area contributed by atoms with Gasteiger partial charge < -0.3 is 4.90 Å². The maximum atomic E-state index is 6.07. The Hall–Kier alpha value is -1.35. The Bertz CT molecular complexity index is 574. The van der Waals surface area contributed by atoms with Crippen LogP contribution in [-0.2, 0) is 0 Å². The predicted octanol–water partition coefficient (Wildman–Crippen LogP) is 4.07. The maximum absolute atomic E-state index is 6.07. The van der Waals surface area contributed by atoms with Crippen molar-refractivity contribution in [1.29, 1.82) is 0 Å². The number of hydrogen-bond donors (Lipinski definition) is 0. The molecule has 0 N–H and O–H groups in total. The molecule has 1 heterocycles. The smallest absolute Gasteiger partial charge is 0.0602 e. The standard InChI is InChI=1S/C19H23ClN2/c1-2-21-12-14-22(15-13-21)19(16-6-4-3-5-7-16)17-8-10-18(20)11-9-17/h3-11,19H,2,12-15H2,1H3/t19-/m0/s1. The van der Waals surface area contributed by atoms with E-state index in [0.717, 1.165) is 37.7 Å². The van der Waals surface area contributed by atoms with Crippen molar-refractivity contribution in [1.82, 2.24) is 9.80 Å². The van der Waals surface area contributed by atoms with E-state index >= 15 is 0 Å². The van der Waals surface area contributed by atoms with Crippen LogP contribution in [0.4, 0.5) is 0 Å². The van der Waals surface area contributed by atoms with Gasteiger partial charge in [-0.05, 0) is 29.8 Å².